The van der Waals surface area contributed by atoms with Crippen molar-refractivity contribution in [3.63, 3.8) is 0 Å². The van der Waals surface area contributed by atoms with Crippen LogP contribution in [0, 0.1) is 0 Å². The van der Waals surface area contributed by atoms with Crippen molar-refractivity contribution in [2.24, 2.45) is 0 Å². The summed E-state index contributed by atoms with van der Waals surface area (Å²) < 4.78 is 5.45. The maximum atomic E-state index is 5.78. The second-order valence-corrected chi connectivity index (χ2v) is 4.47. The molecule has 3 nitrogen and oxygen atoms in total. The van der Waals surface area contributed by atoms with Crippen LogP contribution in [-0.4, -0.2) is 10.2 Å². The number of rotatable bonds is 3. The van der Waals surface area contributed by atoms with Crippen molar-refractivity contribution < 1.29 is 4.74 Å². The number of ether oxygens (including phenoxy) is 1. The van der Waals surface area contributed by atoms with Gasteiger partial charge < -0.3 is 4.74 Å². The third-order valence-electron chi connectivity index (χ3n) is 1.64. The molecule has 0 aliphatic rings. The average Bonchev–Trinajstić information content (AvgIpc) is 2.72. The van der Waals surface area contributed by atoms with E-state index in [0.717, 1.165) is 4.88 Å². The monoisotopic (exact) mass is 260 g/mol. The smallest absolute Gasteiger partial charge is 0.193 e. The highest BCUT2D eigenvalue weighted by Gasteiger charge is 2.05. The summed E-state index contributed by atoms with van der Waals surface area (Å²) >= 11 is 13.1. The van der Waals surface area contributed by atoms with Gasteiger partial charge in [-0.15, -0.1) is 21.5 Å². The van der Waals surface area contributed by atoms with Gasteiger partial charge in [-0.2, -0.15) is 0 Å². The fourth-order valence-electron chi connectivity index (χ4n) is 0.982. The predicted molar refractivity (Wildman–Crippen MR) is 60.7 cm³/mol. The lowest BCUT2D eigenvalue weighted by molar-refractivity contribution is 0.308. The maximum Gasteiger partial charge on any atom is 0.193 e. The van der Waals surface area contributed by atoms with Gasteiger partial charge in [0.2, 0.25) is 0 Å². The number of hydrogen-bond acceptors (Lipinski definition) is 4. The molecule has 0 radical (unpaired) electrons. The van der Waals surface area contributed by atoms with Gasteiger partial charge in [-0.1, -0.05) is 29.3 Å². The van der Waals surface area contributed by atoms with Crippen molar-refractivity contribution in [3.8, 4) is 5.75 Å². The summed E-state index contributed by atoms with van der Waals surface area (Å²) in [6, 6.07) is 5.49. The van der Waals surface area contributed by atoms with Crippen LogP contribution in [0.25, 0.3) is 0 Å². The molecule has 2 heterocycles. The van der Waals surface area contributed by atoms with Crippen molar-refractivity contribution in [1.82, 2.24) is 10.2 Å². The molecule has 0 saturated heterocycles. The molecule has 0 aromatic carbocycles. The molecule has 0 amide bonds. The number of hydrogen-bond donors (Lipinski definition) is 0. The topological polar surface area (TPSA) is 35.0 Å². The third-order valence-corrected chi connectivity index (χ3v) is 2.93. The Morgan fingerprint density at radius 3 is 2.93 bits per heavy atom. The lowest BCUT2D eigenvalue weighted by Crippen LogP contribution is -1.96. The van der Waals surface area contributed by atoms with E-state index in [0.29, 0.717) is 12.4 Å². The third kappa shape index (κ3) is 2.81. The predicted octanol–water partition coefficient (Wildman–Crippen LogP) is 3.42. The molecule has 6 heteroatoms. The van der Waals surface area contributed by atoms with Gasteiger partial charge in [-0.3, -0.25) is 0 Å². The zero-order valence-electron chi connectivity index (χ0n) is 7.48. The van der Waals surface area contributed by atoms with Crippen LogP contribution in [0.2, 0.25) is 10.3 Å². The first-order valence-electron chi connectivity index (χ1n) is 4.09. The van der Waals surface area contributed by atoms with E-state index in [1.165, 1.54) is 0 Å². The van der Waals surface area contributed by atoms with Crippen LogP contribution in [0.15, 0.2) is 23.6 Å². The van der Waals surface area contributed by atoms with Crippen LogP contribution >= 0.6 is 34.5 Å². The Balaban J connectivity index is 2.07. The highest BCUT2D eigenvalue weighted by atomic mass is 35.5. The molecule has 0 fully saturated rings. The van der Waals surface area contributed by atoms with Gasteiger partial charge in [0.15, 0.2) is 16.1 Å². The lowest BCUT2D eigenvalue weighted by Gasteiger charge is -2.05. The molecule has 2 rings (SSSR count). The SMILES string of the molecule is Clc1cc(OCc2cccs2)c(Cl)nn1. The van der Waals surface area contributed by atoms with Gasteiger partial charge in [-0.25, -0.2) is 0 Å². The largest absolute Gasteiger partial charge is 0.485 e. The fourth-order valence-corrected chi connectivity index (χ4v) is 1.88. The van der Waals surface area contributed by atoms with E-state index in [9.17, 15) is 0 Å². The number of nitrogens with zero attached hydrogens (tertiary/aromatic N) is 2. The van der Waals surface area contributed by atoms with E-state index in [2.05, 4.69) is 10.2 Å². The van der Waals surface area contributed by atoms with E-state index >= 15 is 0 Å². The molecule has 0 unspecified atom stereocenters. The van der Waals surface area contributed by atoms with Crippen LogP contribution in [0.4, 0.5) is 0 Å². The van der Waals surface area contributed by atoms with E-state index in [1.54, 1.807) is 17.4 Å². The summed E-state index contributed by atoms with van der Waals surface area (Å²) in [4.78, 5) is 1.11. The van der Waals surface area contributed by atoms with Crippen molar-refractivity contribution in [2.75, 3.05) is 0 Å². The summed E-state index contributed by atoms with van der Waals surface area (Å²) in [6.45, 7) is 0.458. The van der Waals surface area contributed by atoms with Crippen molar-refractivity contribution in [3.05, 3.63) is 38.8 Å². The zero-order valence-corrected chi connectivity index (χ0v) is 9.81. The van der Waals surface area contributed by atoms with Gasteiger partial charge in [-0.05, 0) is 11.4 Å². The normalized spacial score (nSPS) is 10.3. The van der Waals surface area contributed by atoms with Gasteiger partial charge in [0.1, 0.15) is 6.61 Å². The Labute approximate surface area is 101 Å². The lowest BCUT2D eigenvalue weighted by atomic mass is 10.5. The molecular formula is C9H6Cl2N2OS. The quantitative estimate of drug-likeness (QED) is 0.849. The summed E-state index contributed by atoms with van der Waals surface area (Å²) in [7, 11) is 0. The number of aromatic nitrogens is 2. The van der Waals surface area contributed by atoms with E-state index in [-0.39, 0.29) is 10.3 Å². The minimum Gasteiger partial charge on any atom is -0.485 e. The molecule has 2 aromatic heterocycles. The van der Waals surface area contributed by atoms with E-state index in [1.807, 2.05) is 17.5 Å². The first-order valence-corrected chi connectivity index (χ1v) is 5.73. The molecule has 0 N–H and O–H groups in total. The first-order chi connectivity index (χ1) is 7.25. The van der Waals surface area contributed by atoms with Gasteiger partial charge in [0, 0.05) is 10.9 Å². The van der Waals surface area contributed by atoms with Crippen LogP contribution in [0.5, 0.6) is 5.75 Å². The van der Waals surface area contributed by atoms with Crippen molar-refractivity contribution in [1.29, 1.82) is 0 Å². The highest BCUT2D eigenvalue weighted by molar-refractivity contribution is 7.09. The molecule has 15 heavy (non-hydrogen) atoms. The van der Waals surface area contributed by atoms with Crippen LogP contribution in [0.1, 0.15) is 4.88 Å². The second kappa shape index (κ2) is 4.79. The van der Waals surface area contributed by atoms with Crippen LogP contribution < -0.4 is 4.74 Å². The molecule has 0 atom stereocenters. The average molecular weight is 261 g/mol. The second-order valence-electron chi connectivity index (χ2n) is 2.69. The number of thiophene rings is 1. The van der Waals surface area contributed by atoms with Gasteiger partial charge >= 0.3 is 0 Å². The zero-order chi connectivity index (χ0) is 10.7. The molecule has 0 aliphatic heterocycles. The molecular weight excluding hydrogens is 255 g/mol. The molecule has 0 saturated carbocycles. The summed E-state index contributed by atoms with van der Waals surface area (Å²) in [6.07, 6.45) is 0. The summed E-state index contributed by atoms with van der Waals surface area (Å²) in [5, 5.41) is 9.70. The van der Waals surface area contributed by atoms with Crippen molar-refractivity contribution >= 4 is 34.5 Å². The van der Waals surface area contributed by atoms with Crippen molar-refractivity contribution in [2.45, 2.75) is 6.61 Å². The molecule has 0 bridgehead atoms. The Bertz CT molecular complexity index is 447. The highest BCUT2D eigenvalue weighted by Crippen LogP contribution is 2.24. The van der Waals surface area contributed by atoms with Gasteiger partial charge in [0.05, 0.1) is 0 Å². The first kappa shape index (κ1) is 10.7. The molecule has 78 valence electrons. The number of halogens is 2. The Kier molecular flexibility index (Phi) is 3.41. The maximum absolute atomic E-state index is 5.78. The standard InChI is InChI=1S/C9H6Cl2N2OS/c10-8-4-7(9(11)13-12-8)14-5-6-2-1-3-15-6/h1-4H,5H2. The minimum absolute atomic E-state index is 0.218. The fraction of sp³-hybridized carbons (Fsp3) is 0.111. The Hall–Kier alpha value is -0.840. The van der Waals surface area contributed by atoms with Gasteiger partial charge in [0.25, 0.3) is 0 Å². The molecule has 0 aliphatic carbocycles. The van der Waals surface area contributed by atoms with Crippen LogP contribution in [0.3, 0.4) is 0 Å². The van der Waals surface area contributed by atoms with E-state index < -0.39 is 0 Å². The Morgan fingerprint density at radius 1 is 1.33 bits per heavy atom. The summed E-state index contributed by atoms with van der Waals surface area (Å²) in [5.74, 6) is 0.449. The van der Waals surface area contributed by atoms with E-state index in [4.69, 9.17) is 27.9 Å². The molecule has 0 spiro atoms. The summed E-state index contributed by atoms with van der Waals surface area (Å²) in [5.41, 5.74) is 0. The van der Waals surface area contributed by atoms with Crippen LogP contribution in [-0.2, 0) is 6.61 Å². The Morgan fingerprint density at radius 2 is 2.20 bits per heavy atom. The minimum atomic E-state index is 0.218. The molecule has 2 aromatic rings.